The zero-order valence-electron chi connectivity index (χ0n) is 31.4. The van der Waals surface area contributed by atoms with Gasteiger partial charge in [0.05, 0.1) is 12.2 Å². The standard InChI is InChI=1S/C21H40O4.C8H17NO2.C7H14O.H2O.V/c1-8-10-14(3)11-15(4)12-16(5)13-17(6)20(23)18(7)21(24)25-19(22)9-2;1-6-4-7(9(2)3)5-8(10)11-6;1-6-3-4-8-7(2)5-6;;/h14-20,22-23H,8-10,12-13H2,1-7H3;6-8,10H,4-5H2,1-3H3;6-7H,3-5H2,1-2H3;1H2;/t14-,15+,16+,17?,18?,19-,20?;;6-,7-;;/m1.0../s1. The van der Waals surface area contributed by atoms with E-state index in [9.17, 15) is 20.1 Å². The Morgan fingerprint density at radius 3 is 2.02 bits per heavy atom. The van der Waals surface area contributed by atoms with Crippen LogP contribution in [0.3, 0.4) is 0 Å². The van der Waals surface area contributed by atoms with Crippen LogP contribution in [0.25, 0.3) is 0 Å². The third-order valence-corrected chi connectivity index (χ3v) is 10.7. The molecule has 12 atom stereocenters. The predicted octanol–water partition coefficient (Wildman–Crippen LogP) is 5.53. The van der Waals surface area contributed by atoms with Crippen LogP contribution in [-0.4, -0.2) is 93.5 Å². The van der Waals surface area contributed by atoms with Crippen molar-refractivity contribution in [2.45, 2.75) is 164 Å². The van der Waals surface area contributed by atoms with E-state index in [1.165, 1.54) is 29.9 Å². The van der Waals surface area contributed by atoms with Gasteiger partial charge in [-0.3, -0.25) is 0 Å². The Labute approximate surface area is 291 Å². The quantitative estimate of drug-likeness (QED) is 0.159. The van der Waals surface area contributed by atoms with Crippen molar-refractivity contribution in [3.8, 4) is 0 Å². The summed E-state index contributed by atoms with van der Waals surface area (Å²) in [6.45, 7) is 21.8. The van der Waals surface area contributed by atoms with Gasteiger partial charge in [-0.05, 0) is 53.1 Å². The van der Waals surface area contributed by atoms with Gasteiger partial charge in [-0.15, -0.1) is 0 Å². The average molecular weight is 699 g/mol. The molecule has 275 valence electrons. The van der Waals surface area contributed by atoms with Gasteiger partial charge in [-0.25, -0.2) is 0 Å². The maximum absolute atomic E-state index is 12.0. The molecule has 10 heteroatoms. The first-order valence-corrected chi connectivity index (χ1v) is 18.4. The van der Waals surface area contributed by atoms with Gasteiger partial charge in [-0.2, -0.15) is 0 Å². The van der Waals surface area contributed by atoms with Crippen LogP contribution >= 0.6 is 0 Å². The van der Waals surface area contributed by atoms with Gasteiger partial charge >= 0.3 is 163 Å². The summed E-state index contributed by atoms with van der Waals surface area (Å²) in [6, 6.07) is 0.466. The summed E-state index contributed by atoms with van der Waals surface area (Å²) < 4.78 is 17.0. The molecule has 9 nitrogen and oxygen atoms in total. The van der Waals surface area contributed by atoms with Crippen LogP contribution in [0.1, 0.15) is 127 Å². The first-order valence-electron chi connectivity index (χ1n) is 17.7. The van der Waals surface area contributed by atoms with Crippen LogP contribution in [0, 0.1) is 35.5 Å². The van der Waals surface area contributed by atoms with Crippen molar-refractivity contribution in [1.82, 2.24) is 4.90 Å². The van der Waals surface area contributed by atoms with E-state index in [4.69, 9.17) is 14.2 Å². The van der Waals surface area contributed by atoms with Crippen LogP contribution in [0.5, 0.6) is 0 Å². The van der Waals surface area contributed by atoms with Crippen molar-refractivity contribution in [3.63, 3.8) is 0 Å². The molecule has 2 saturated heterocycles. The van der Waals surface area contributed by atoms with E-state index in [1.807, 2.05) is 27.9 Å². The minimum Gasteiger partial charge on any atom is -0.412 e. The predicted molar refractivity (Wildman–Crippen MR) is 184 cm³/mol. The minimum atomic E-state index is -1.09. The fraction of sp³-hybridized carbons (Fsp3) is 0.944. The number of rotatable bonds is 14. The molecule has 2 aliphatic heterocycles. The number of carbonyl (C=O) groups excluding carboxylic acids is 1. The molecule has 0 amide bonds. The first kappa shape index (κ1) is 47.8. The molecule has 0 spiro atoms. The SMILES string of the molecule is CC1CC(N(C)C)CC(O)O1.CCC[C@@H](C)[C](=[V])[C@H](C)C[C@H](C)CC(C)C(O)C(C)C(=O)O[C@@H](O)CC.C[C@H]1CCO[C@@H](C)C1.O. The number of aliphatic hydroxyl groups excluding tert-OH is 3. The van der Waals surface area contributed by atoms with Gasteiger partial charge in [0.2, 0.25) is 0 Å². The summed E-state index contributed by atoms with van der Waals surface area (Å²) >= 11 is 2.78. The van der Waals surface area contributed by atoms with Gasteiger partial charge in [0.25, 0.3) is 0 Å². The summed E-state index contributed by atoms with van der Waals surface area (Å²) in [7, 11) is 4.07. The topological polar surface area (TPSA) is 140 Å². The Morgan fingerprint density at radius 1 is 0.957 bits per heavy atom. The number of nitrogens with zero attached hydrogens (tertiary/aromatic N) is 1. The number of esters is 1. The van der Waals surface area contributed by atoms with Crippen molar-refractivity contribution in [3.05, 3.63) is 0 Å². The molecule has 2 fully saturated rings. The van der Waals surface area contributed by atoms with Crippen LogP contribution in [0.2, 0.25) is 0 Å². The van der Waals surface area contributed by atoms with E-state index in [0.717, 1.165) is 38.2 Å². The number of hydrogen-bond acceptors (Lipinski definition) is 8. The summed E-state index contributed by atoms with van der Waals surface area (Å²) in [4.78, 5) is 14.1. The Morgan fingerprint density at radius 2 is 1.57 bits per heavy atom. The molecule has 5 N–H and O–H groups in total. The van der Waals surface area contributed by atoms with Gasteiger partial charge in [0, 0.05) is 19.1 Å². The molecule has 0 aliphatic carbocycles. The fourth-order valence-electron chi connectivity index (χ4n) is 6.35. The second-order valence-corrected chi connectivity index (χ2v) is 15.3. The third kappa shape index (κ3) is 20.2. The van der Waals surface area contributed by atoms with Gasteiger partial charge in [-0.1, -0.05) is 13.8 Å². The minimum absolute atomic E-state index is 0. The average Bonchev–Trinajstić information content (AvgIpc) is 2.95. The van der Waals surface area contributed by atoms with E-state index in [1.54, 1.807) is 13.8 Å². The van der Waals surface area contributed by atoms with E-state index in [2.05, 4.69) is 63.4 Å². The first-order chi connectivity index (χ1) is 20.9. The van der Waals surface area contributed by atoms with Crippen molar-refractivity contribution in [2.75, 3.05) is 20.7 Å². The zero-order chi connectivity index (χ0) is 34.9. The normalized spacial score (nSPS) is 27.5. The Kier molecular flexibility index (Phi) is 26.6. The fourth-order valence-corrected chi connectivity index (χ4v) is 6.72. The number of ether oxygens (including phenoxy) is 3. The number of aliphatic hydroxyl groups is 3. The van der Waals surface area contributed by atoms with Crippen LogP contribution in [-0.2, 0) is 36.0 Å². The molecule has 2 aliphatic rings. The zero-order valence-corrected chi connectivity index (χ0v) is 32.8. The summed E-state index contributed by atoms with van der Waals surface area (Å²) in [5.41, 5.74) is 0. The molecule has 2 rings (SSSR count). The van der Waals surface area contributed by atoms with E-state index >= 15 is 0 Å². The second kappa shape index (κ2) is 25.6. The molecule has 6 unspecified atom stereocenters. The number of hydrogen-bond donors (Lipinski definition) is 3. The van der Waals surface area contributed by atoms with Crippen molar-refractivity contribution < 1.29 is 56.8 Å². The van der Waals surface area contributed by atoms with E-state index in [0.29, 0.717) is 36.3 Å². The van der Waals surface area contributed by atoms with Gasteiger partial charge in [0.1, 0.15) is 0 Å². The van der Waals surface area contributed by atoms with E-state index in [-0.39, 0.29) is 17.5 Å². The number of carbonyl (C=O) groups is 1. The van der Waals surface area contributed by atoms with Crippen molar-refractivity contribution in [2.24, 2.45) is 35.5 Å². The maximum atomic E-state index is 12.0. The molecule has 0 saturated carbocycles. The molecule has 0 bridgehead atoms. The van der Waals surface area contributed by atoms with E-state index < -0.39 is 30.6 Å². The summed E-state index contributed by atoms with van der Waals surface area (Å²) in [5, 5.41) is 29.2. The Hall–Kier alpha value is -0.356. The smallest absolute Gasteiger partial charge is 0.412 e. The van der Waals surface area contributed by atoms with Crippen LogP contribution in [0.4, 0.5) is 0 Å². The third-order valence-electron chi connectivity index (χ3n) is 9.27. The molecular formula is C36H73NO8V. The van der Waals surface area contributed by atoms with Crippen LogP contribution in [0.15, 0.2) is 0 Å². The molecule has 0 aromatic carbocycles. The van der Waals surface area contributed by atoms with Gasteiger partial charge in [0.15, 0.2) is 6.29 Å². The van der Waals surface area contributed by atoms with Crippen molar-refractivity contribution in [1.29, 1.82) is 0 Å². The Bertz CT molecular complexity index is 784. The Balaban J connectivity index is 0. The molecule has 0 aromatic heterocycles. The van der Waals surface area contributed by atoms with Crippen molar-refractivity contribution >= 4 is 10.2 Å². The molecule has 2 heterocycles. The summed E-state index contributed by atoms with van der Waals surface area (Å²) in [5.74, 6) is 1.36. The van der Waals surface area contributed by atoms with Crippen LogP contribution < -0.4 is 0 Å². The summed E-state index contributed by atoms with van der Waals surface area (Å²) in [6.07, 6.45) is 7.27. The van der Waals surface area contributed by atoms with Gasteiger partial charge < -0.3 is 25.0 Å². The monoisotopic (exact) mass is 698 g/mol. The molecular weight excluding hydrogens is 625 g/mol. The second-order valence-electron chi connectivity index (χ2n) is 14.4. The molecule has 0 aromatic rings. The molecule has 0 radical (unpaired) electrons. The molecule has 46 heavy (non-hydrogen) atoms.